The van der Waals surface area contributed by atoms with Crippen LogP contribution < -0.4 is 5.32 Å². The van der Waals surface area contributed by atoms with Gasteiger partial charge in [0.2, 0.25) is 5.76 Å². The molecule has 0 aliphatic carbocycles. The molecule has 1 N–H and O–H groups in total. The summed E-state index contributed by atoms with van der Waals surface area (Å²) in [5.74, 6) is -1.86. The molecule has 1 aromatic carbocycles. The number of hydrogen-bond donors (Lipinski definition) is 1. The normalized spacial score (nSPS) is 10.3. The molecule has 0 unspecified atom stereocenters. The Labute approximate surface area is 164 Å². The zero-order chi connectivity index (χ0) is 19.9. The van der Waals surface area contributed by atoms with Crippen molar-refractivity contribution < 1.29 is 28.3 Å². The Balaban J connectivity index is 1.73. The Morgan fingerprint density at radius 2 is 1.82 bits per heavy atom. The van der Waals surface area contributed by atoms with Crippen molar-refractivity contribution in [3.8, 4) is 10.4 Å². The second-order valence-corrected chi connectivity index (χ2v) is 6.59. The van der Waals surface area contributed by atoms with Gasteiger partial charge in [-0.25, -0.2) is 9.59 Å². The lowest BCUT2D eigenvalue weighted by Gasteiger charge is -2.06. The maximum atomic E-state index is 12.2. The van der Waals surface area contributed by atoms with Gasteiger partial charge in [-0.05, 0) is 30.7 Å². The van der Waals surface area contributed by atoms with E-state index < -0.39 is 24.5 Å². The third-order valence-corrected chi connectivity index (χ3v) is 4.69. The van der Waals surface area contributed by atoms with Gasteiger partial charge in [0.05, 0.1) is 18.4 Å². The molecule has 2 heterocycles. The summed E-state index contributed by atoms with van der Waals surface area (Å²) in [6, 6.07) is 14.1. The first-order chi connectivity index (χ1) is 13.6. The van der Waals surface area contributed by atoms with Gasteiger partial charge in [0, 0.05) is 4.88 Å². The number of carbonyl (C=O) groups is 3. The number of nitrogens with one attached hydrogen (secondary N) is 1. The first-order valence-electron chi connectivity index (χ1n) is 8.45. The molecule has 28 heavy (non-hydrogen) atoms. The molecular formula is C20H17NO6S. The van der Waals surface area contributed by atoms with Crippen LogP contribution in [0, 0.1) is 0 Å². The van der Waals surface area contributed by atoms with Gasteiger partial charge in [0.1, 0.15) is 5.00 Å². The molecule has 0 saturated heterocycles. The van der Waals surface area contributed by atoms with Crippen LogP contribution in [0.25, 0.3) is 10.4 Å². The number of esters is 2. The van der Waals surface area contributed by atoms with Gasteiger partial charge in [-0.1, -0.05) is 30.3 Å². The first kappa shape index (κ1) is 19.4. The van der Waals surface area contributed by atoms with Gasteiger partial charge >= 0.3 is 11.9 Å². The van der Waals surface area contributed by atoms with Gasteiger partial charge in [-0.2, -0.15) is 0 Å². The predicted octanol–water partition coefficient (Wildman–Crippen LogP) is 3.98. The van der Waals surface area contributed by atoms with Crippen molar-refractivity contribution in [3.05, 3.63) is 66.1 Å². The highest BCUT2D eigenvalue weighted by atomic mass is 32.1. The summed E-state index contributed by atoms with van der Waals surface area (Å²) < 4.78 is 14.9. The Morgan fingerprint density at radius 1 is 1.04 bits per heavy atom. The molecule has 0 aliphatic rings. The number of anilines is 1. The molecule has 0 atom stereocenters. The van der Waals surface area contributed by atoms with Gasteiger partial charge in [0.25, 0.3) is 5.91 Å². The molecular weight excluding hydrogens is 382 g/mol. The van der Waals surface area contributed by atoms with Crippen LogP contribution in [-0.2, 0) is 14.3 Å². The van der Waals surface area contributed by atoms with E-state index >= 15 is 0 Å². The molecule has 0 radical (unpaired) electrons. The van der Waals surface area contributed by atoms with Crippen LogP contribution >= 0.6 is 11.3 Å². The number of thiophene rings is 1. The number of hydrogen-bond acceptors (Lipinski definition) is 7. The summed E-state index contributed by atoms with van der Waals surface area (Å²) in [5, 5.41) is 2.94. The molecule has 144 valence electrons. The minimum atomic E-state index is -0.748. The summed E-state index contributed by atoms with van der Waals surface area (Å²) in [6.07, 6.45) is 1.33. The van der Waals surface area contributed by atoms with Crippen LogP contribution in [0.4, 0.5) is 5.00 Å². The Hall–Kier alpha value is -3.39. The van der Waals surface area contributed by atoms with E-state index in [0.29, 0.717) is 5.00 Å². The molecule has 0 aliphatic heterocycles. The summed E-state index contributed by atoms with van der Waals surface area (Å²) >= 11 is 1.24. The Kier molecular flexibility index (Phi) is 6.23. The van der Waals surface area contributed by atoms with Crippen LogP contribution in [0.15, 0.2) is 59.2 Å². The predicted molar refractivity (Wildman–Crippen MR) is 103 cm³/mol. The third-order valence-electron chi connectivity index (χ3n) is 3.60. The molecule has 3 aromatic rings. The molecule has 2 aromatic heterocycles. The van der Waals surface area contributed by atoms with E-state index in [1.165, 1.54) is 23.7 Å². The smallest absolute Gasteiger partial charge is 0.374 e. The number of carbonyl (C=O) groups excluding carboxylic acids is 3. The molecule has 0 spiro atoms. The summed E-state index contributed by atoms with van der Waals surface area (Å²) in [5.41, 5.74) is 1.15. The maximum absolute atomic E-state index is 12.2. The lowest BCUT2D eigenvalue weighted by Crippen LogP contribution is -2.21. The van der Waals surface area contributed by atoms with Crippen molar-refractivity contribution in [1.29, 1.82) is 0 Å². The molecule has 7 nitrogen and oxygen atoms in total. The average molecular weight is 399 g/mol. The first-order valence-corrected chi connectivity index (χ1v) is 9.27. The van der Waals surface area contributed by atoms with Gasteiger partial charge in [-0.3, -0.25) is 4.79 Å². The van der Waals surface area contributed by atoms with Crippen LogP contribution in [0.1, 0.15) is 27.8 Å². The van der Waals surface area contributed by atoms with Gasteiger partial charge in [0.15, 0.2) is 6.61 Å². The molecule has 3 rings (SSSR count). The standard InChI is InChI=1S/C20H17NO6S/c1-2-25-19(23)14-11-16(13-7-4-3-5-8-13)28-18(14)21-17(22)12-27-20(24)15-9-6-10-26-15/h3-11H,2,12H2,1H3,(H,21,22). The van der Waals surface area contributed by atoms with E-state index in [2.05, 4.69) is 5.32 Å². The van der Waals surface area contributed by atoms with Crippen molar-refractivity contribution in [1.82, 2.24) is 0 Å². The van der Waals surface area contributed by atoms with E-state index in [4.69, 9.17) is 13.9 Å². The van der Waals surface area contributed by atoms with Crippen molar-refractivity contribution in [2.24, 2.45) is 0 Å². The van der Waals surface area contributed by atoms with Gasteiger partial charge in [-0.15, -0.1) is 11.3 Å². The largest absolute Gasteiger partial charge is 0.462 e. The van der Waals surface area contributed by atoms with Gasteiger partial charge < -0.3 is 19.2 Å². The SMILES string of the molecule is CCOC(=O)c1cc(-c2ccccc2)sc1NC(=O)COC(=O)c1ccco1. The summed E-state index contributed by atoms with van der Waals surface area (Å²) in [7, 11) is 0. The topological polar surface area (TPSA) is 94.8 Å². The zero-order valence-electron chi connectivity index (χ0n) is 15.0. The highest BCUT2D eigenvalue weighted by Crippen LogP contribution is 2.35. The number of rotatable bonds is 7. The number of furan rings is 1. The van der Waals surface area contributed by atoms with Crippen LogP contribution in [0.5, 0.6) is 0 Å². The fourth-order valence-corrected chi connectivity index (χ4v) is 3.42. The van der Waals surface area contributed by atoms with Crippen molar-refractivity contribution in [2.45, 2.75) is 6.92 Å². The Morgan fingerprint density at radius 3 is 2.50 bits per heavy atom. The van der Waals surface area contributed by atoms with E-state index in [0.717, 1.165) is 10.4 Å². The van der Waals surface area contributed by atoms with E-state index in [1.54, 1.807) is 19.1 Å². The third kappa shape index (κ3) is 4.66. The lowest BCUT2D eigenvalue weighted by molar-refractivity contribution is -0.119. The highest BCUT2D eigenvalue weighted by Gasteiger charge is 2.20. The monoisotopic (exact) mass is 399 g/mol. The number of ether oxygens (including phenoxy) is 2. The second-order valence-electron chi connectivity index (χ2n) is 5.54. The molecule has 0 bridgehead atoms. The van der Waals surface area contributed by atoms with Crippen molar-refractivity contribution >= 4 is 34.2 Å². The Bertz CT molecular complexity index is 962. The lowest BCUT2D eigenvalue weighted by atomic mass is 10.1. The minimum absolute atomic E-state index is 0.00231. The quantitative estimate of drug-likeness (QED) is 0.604. The van der Waals surface area contributed by atoms with Crippen LogP contribution in [0.3, 0.4) is 0 Å². The minimum Gasteiger partial charge on any atom is -0.462 e. The maximum Gasteiger partial charge on any atom is 0.374 e. The number of amides is 1. The number of benzene rings is 1. The van der Waals surface area contributed by atoms with Crippen molar-refractivity contribution in [2.75, 3.05) is 18.5 Å². The molecule has 0 fully saturated rings. The van der Waals surface area contributed by atoms with Crippen molar-refractivity contribution in [3.63, 3.8) is 0 Å². The van der Waals surface area contributed by atoms with Crippen LogP contribution in [-0.4, -0.2) is 31.1 Å². The zero-order valence-corrected chi connectivity index (χ0v) is 15.8. The highest BCUT2D eigenvalue weighted by molar-refractivity contribution is 7.20. The molecule has 8 heteroatoms. The van der Waals surface area contributed by atoms with E-state index in [1.807, 2.05) is 30.3 Å². The average Bonchev–Trinajstić information content (AvgIpc) is 3.37. The fraction of sp³-hybridized carbons (Fsp3) is 0.150. The van der Waals surface area contributed by atoms with E-state index in [-0.39, 0.29) is 17.9 Å². The molecule has 0 saturated carbocycles. The van der Waals surface area contributed by atoms with E-state index in [9.17, 15) is 14.4 Å². The molecule has 1 amide bonds. The summed E-state index contributed by atoms with van der Waals surface area (Å²) in [6.45, 7) is 1.40. The van der Waals surface area contributed by atoms with Crippen LogP contribution in [0.2, 0.25) is 0 Å². The second kappa shape index (κ2) is 9.01. The fourth-order valence-electron chi connectivity index (χ4n) is 2.35. The summed E-state index contributed by atoms with van der Waals surface area (Å²) in [4.78, 5) is 37.0.